The van der Waals surface area contributed by atoms with Gasteiger partial charge in [0.1, 0.15) is 29.0 Å². The van der Waals surface area contributed by atoms with Gasteiger partial charge >= 0.3 is 6.01 Å². The van der Waals surface area contributed by atoms with Crippen LogP contribution in [0.2, 0.25) is 5.02 Å². The summed E-state index contributed by atoms with van der Waals surface area (Å²) in [5, 5.41) is 16.3. The minimum absolute atomic E-state index is 0.00780. The molecule has 2 saturated heterocycles. The molecule has 9 nitrogen and oxygen atoms in total. The molecule has 3 aliphatic heterocycles. The molecule has 48 heavy (non-hydrogen) atoms. The number of ether oxygens (including phenoxy) is 1. The Balaban J connectivity index is 1.43. The van der Waals surface area contributed by atoms with E-state index in [1.165, 1.54) is 6.07 Å². The molecule has 2 fully saturated rings. The van der Waals surface area contributed by atoms with Crippen LogP contribution in [0.3, 0.4) is 0 Å². The van der Waals surface area contributed by atoms with E-state index in [4.69, 9.17) is 27.3 Å². The Morgan fingerprint density at radius 2 is 2.17 bits per heavy atom. The van der Waals surface area contributed by atoms with Crippen molar-refractivity contribution in [3.8, 4) is 12.1 Å². The largest absolute Gasteiger partial charge is 0.461 e. The van der Waals surface area contributed by atoms with E-state index in [2.05, 4.69) is 39.1 Å². The quantitative estimate of drug-likeness (QED) is 0.183. The maximum Gasteiger partial charge on any atom is 0.319 e. The molecule has 2 aromatic heterocycles. The molecule has 3 aromatic rings. The molecule has 3 aliphatic rings. The highest BCUT2D eigenvalue weighted by molar-refractivity contribution is 7.17. The fraction of sp³-hybridized carbons (Fsp3) is 0.394. The van der Waals surface area contributed by atoms with Crippen molar-refractivity contribution >= 4 is 62.3 Å². The average Bonchev–Trinajstić information content (AvgIpc) is 3.73. The smallest absolute Gasteiger partial charge is 0.319 e. The van der Waals surface area contributed by atoms with Crippen molar-refractivity contribution in [2.45, 2.75) is 38.1 Å². The number of nitrogens with one attached hydrogen (secondary N) is 2. The number of nitrogens with two attached hydrogens (primary N) is 1. The van der Waals surface area contributed by atoms with Crippen LogP contribution >= 0.6 is 22.9 Å². The van der Waals surface area contributed by atoms with E-state index >= 15 is 4.39 Å². The van der Waals surface area contributed by atoms with Gasteiger partial charge in [0, 0.05) is 37.0 Å². The third-order valence-corrected chi connectivity index (χ3v) is 10.3. The fourth-order valence-corrected chi connectivity index (χ4v) is 7.81. The minimum Gasteiger partial charge on any atom is -0.461 e. The normalized spacial score (nSPS) is 22.1. The number of benzene rings is 1. The van der Waals surface area contributed by atoms with Crippen molar-refractivity contribution in [2.75, 3.05) is 50.4 Å². The Bertz CT molecular complexity index is 1920. The van der Waals surface area contributed by atoms with Crippen LogP contribution in [-0.4, -0.2) is 66.0 Å². The Morgan fingerprint density at radius 3 is 2.92 bits per heavy atom. The molecule has 252 valence electrons. The third-order valence-electron chi connectivity index (χ3n) is 8.98. The van der Waals surface area contributed by atoms with Gasteiger partial charge in [0.05, 0.1) is 38.2 Å². The first-order valence-electron chi connectivity index (χ1n) is 15.5. The van der Waals surface area contributed by atoms with E-state index in [9.17, 15) is 13.2 Å². The van der Waals surface area contributed by atoms with Crippen LogP contribution < -0.4 is 21.1 Å². The molecular weight excluding hydrogens is 668 g/mol. The molecule has 5 heterocycles. The molecule has 4 N–H and O–H groups in total. The van der Waals surface area contributed by atoms with Gasteiger partial charge in [-0.3, -0.25) is 9.89 Å². The zero-order valence-corrected chi connectivity index (χ0v) is 27.7. The first-order chi connectivity index (χ1) is 23.0. The molecular formula is C33H33ClF4N8OS. The topological polar surface area (TPSA) is 124 Å². The Labute approximate surface area is 283 Å². The van der Waals surface area contributed by atoms with Gasteiger partial charge in [-0.1, -0.05) is 25.1 Å². The number of halogens is 5. The summed E-state index contributed by atoms with van der Waals surface area (Å²) in [5.74, 6) is -1.16. The van der Waals surface area contributed by atoms with Crippen LogP contribution in [0.4, 0.5) is 28.4 Å². The number of fused-ring (bicyclic) bond motifs is 1. The Kier molecular flexibility index (Phi) is 9.76. The predicted octanol–water partition coefficient (Wildman–Crippen LogP) is 7.15. The third kappa shape index (κ3) is 6.52. The summed E-state index contributed by atoms with van der Waals surface area (Å²) >= 11 is 7.80. The number of aliphatic imine (C=N–C) groups is 1. The van der Waals surface area contributed by atoms with Crippen molar-refractivity contribution < 1.29 is 22.3 Å². The van der Waals surface area contributed by atoms with E-state index < -0.39 is 23.3 Å². The zero-order chi connectivity index (χ0) is 34.2. The number of thiophene rings is 1. The van der Waals surface area contributed by atoms with Crippen LogP contribution in [0.1, 0.15) is 54.2 Å². The van der Waals surface area contributed by atoms with E-state index in [0.717, 1.165) is 30.2 Å². The van der Waals surface area contributed by atoms with Crippen LogP contribution in [0.15, 0.2) is 35.5 Å². The number of nitrogens with zero attached hydrogens (tertiary/aromatic N) is 5. The second-order valence-electron chi connectivity index (χ2n) is 12.4. The van der Waals surface area contributed by atoms with Crippen molar-refractivity contribution in [3.05, 3.63) is 62.9 Å². The van der Waals surface area contributed by atoms with Crippen LogP contribution in [0.25, 0.3) is 22.3 Å². The standard InChI is InChI=1S/C33H33ClF4N8OS/c1-17-8-18(2)24-25-28(27(36)21(26(24)34)13-42-14-22(35)23-9-19(11-39)30(40)48-23)44-32(45-31(25)43-6-5-41-12-17)47-16-33-4-3-7-46(33)15-20(10-33)29(37)38/h9,13-14,17,41H,2-8,10,12,15-16,40H2,1H3,(H,43,44,45)/b22-14+,42-13?/t17-,33?/m1/s1. The van der Waals surface area contributed by atoms with E-state index in [-0.39, 0.29) is 74.4 Å². The number of hydrogen-bond acceptors (Lipinski definition) is 10. The molecule has 0 spiro atoms. The molecule has 1 aromatic carbocycles. The van der Waals surface area contributed by atoms with Gasteiger partial charge < -0.3 is 21.1 Å². The zero-order valence-electron chi connectivity index (χ0n) is 26.1. The second kappa shape index (κ2) is 13.8. The number of rotatable bonds is 6. The molecule has 0 saturated carbocycles. The molecule has 0 radical (unpaired) electrons. The molecule has 0 amide bonds. The number of nitriles is 1. The van der Waals surface area contributed by atoms with E-state index in [1.54, 1.807) is 0 Å². The maximum absolute atomic E-state index is 16.5. The van der Waals surface area contributed by atoms with Gasteiger partial charge in [-0.25, -0.2) is 8.78 Å². The first kappa shape index (κ1) is 33.9. The highest BCUT2D eigenvalue weighted by Crippen LogP contribution is 2.44. The number of aromatic nitrogens is 2. The van der Waals surface area contributed by atoms with Crippen molar-refractivity contribution in [1.82, 2.24) is 20.2 Å². The summed E-state index contributed by atoms with van der Waals surface area (Å²) in [5.41, 5.74) is 6.17. The summed E-state index contributed by atoms with van der Waals surface area (Å²) in [6.45, 7) is 8.98. The Morgan fingerprint density at radius 1 is 1.35 bits per heavy atom. The molecule has 0 bridgehead atoms. The molecule has 2 atom stereocenters. The number of allylic oxidation sites excluding steroid dienone is 1. The van der Waals surface area contributed by atoms with Gasteiger partial charge in [-0.05, 0) is 56.3 Å². The maximum atomic E-state index is 16.5. The minimum atomic E-state index is -1.67. The van der Waals surface area contributed by atoms with E-state index in [1.807, 2.05) is 11.0 Å². The first-order valence-corrected chi connectivity index (χ1v) is 16.7. The van der Waals surface area contributed by atoms with Gasteiger partial charge in [0.25, 0.3) is 6.08 Å². The lowest BCUT2D eigenvalue weighted by Gasteiger charge is -2.30. The van der Waals surface area contributed by atoms with Crippen molar-refractivity contribution in [2.24, 2.45) is 10.9 Å². The molecule has 15 heteroatoms. The highest BCUT2D eigenvalue weighted by atomic mass is 35.5. The van der Waals surface area contributed by atoms with Crippen molar-refractivity contribution in [3.63, 3.8) is 0 Å². The van der Waals surface area contributed by atoms with Gasteiger partial charge in [-0.2, -0.15) is 24.0 Å². The number of hydrogen-bond donors (Lipinski definition) is 3. The fourth-order valence-electron chi connectivity index (χ4n) is 6.67. The SMILES string of the molecule is C=C1C[C@@H](C)CNCCNc2nc(OCC34CCCN3CC(=C(F)F)C4)nc3c(F)c(C=N/C=C(/F)c4cc(C#N)c(N)s4)c(Cl)c1c23. The van der Waals surface area contributed by atoms with Crippen LogP contribution in [0, 0.1) is 23.1 Å². The average molecular weight is 701 g/mol. The van der Waals surface area contributed by atoms with Crippen molar-refractivity contribution in [1.29, 1.82) is 5.26 Å². The lowest BCUT2D eigenvalue weighted by Crippen LogP contribution is -2.43. The summed E-state index contributed by atoms with van der Waals surface area (Å²) in [7, 11) is 0. The lowest BCUT2D eigenvalue weighted by atomic mass is 9.92. The Hall–Kier alpha value is -4.03. The second-order valence-corrected chi connectivity index (χ2v) is 13.8. The lowest BCUT2D eigenvalue weighted by molar-refractivity contribution is 0.108. The van der Waals surface area contributed by atoms with Gasteiger partial charge in [-0.15, -0.1) is 11.3 Å². The summed E-state index contributed by atoms with van der Waals surface area (Å²) in [6, 6.07) is 3.07. The van der Waals surface area contributed by atoms with Crippen LogP contribution in [-0.2, 0) is 0 Å². The highest BCUT2D eigenvalue weighted by Gasteiger charge is 2.48. The van der Waals surface area contributed by atoms with Gasteiger partial charge in [0.2, 0.25) is 0 Å². The summed E-state index contributed by atoms with van der Waals surface area (Å²) < 4.78 is 64.7. The monoisotopic (exact) mass is 700 g/mol. The summed E-state index contributed by atoms with van der Waals surface area (Å²) in [4.78, 5) is 15.2. The molecule has 6 rings (SSSR count). The number of nitrogen functional groups attached to an aromatic ring is 1. The van der Waals surface area contributed by atoms with E-state index in [0.29, 0.717) is 55.5 Å². The van der Waals surface area contributed by atoms with Crippen LogP contribution in [0.5, 0.6) is 6.01 Å². The molecule has 0 aliphatic carbocycles. The van der Waals surface area contributed by atoms with Gasteiger partial charge in [0.15, 0.2) is 11.6 Å². The predicted molar refractivity (Wildman–Crippen MR) is 182 cm³/mol. The summed E-state index contributed by atoms with van der Waals surface area (Å²) in [6.07, 6.45) is 2.53. The molecule has 1 unspecified atom stereocenters. The number of anilines is 2.